The maximum absolute atomic E-state index is 12.5. The second-order valence-corrected chi connectivity index (χ2v) is 9.69. The standard InChI is InChI=1S/C33H28BrN3O3/c1-2-39-28-19-17-27(18-20-28)37-30(24-11-5-3-6-12-24)21-26(33(37)25-13-7-4-8-14-25)22-35-36-32(38)23-40-31-16-10-9-15-29(31)34/h3-22H,2,23H2,1H3,(H,36,38)/b35-22-. The molecule has 1 heterocycles. The summed E-state index contributed by atoms with van der Waals surface area (Å²) >= 11 is 3.42. The predicted octanol–water partition coefficient (Wildman–Crippen LogP) is 7.50. The maximum atomic E-state index is 12.5. The van der Waals surface area contributed by atoms with Crippen LogP contribution in [0, 0.1) is 0 Å². The summed E-state index contributed by atoms with van der Waals surface area (Å²) < 4.78 is 14.3. The molecule has 0 atom stereocenters. The van der Waals surface area contributed by atoms with Crippen LogP contribution in [0.3, 0.4) is 0 Å². The Kier molecular flexibility index (Phi) is 8.73. The topological polar surface area (TPSA) is 64.8 Å². The molecule has 1 N–H and O–H groups in total. The zero-order valence-corrected chi connectivity index (χ0v) is 23.5. The largest absolute Gasteiger partial charge is 0.494 e. The van der Waals surface area contributed by atoms with Crippen molar-refractivity contribution in [1.29, 1.82) is 0 Å². The van der Waals surface area contributed by atoms with Crippen LogP contribution in [0.5, 0.6) is 11.5 Å². The van der Waals surface area contributed by atoms with E-state index in [1.807, 2.05) is 85.8 Å². The minimum absolute atomic E-state index is 0.159. The first-order valence-corrected chi connectivity index (χ1v) is 13.7. The highest BCUT2D eigenvalue weighted by molar-refractivity contribution is 9.10. The monoisotopic (exact) mass is 593 g/mol. The molecule has 6 nitrogen and oxygen atoms in total. The van der Waals surface area contributed by atoms with E-state index in [9.17, 15) is 4.79 Å². The molecular formula is C33H28BrN3O3. The lowest BCUT2D eigenvalue weighted by molar-refractivity contribution is -0.123. The average Bonchev–Trinajstić information content (AvgIpc) is 3.37. The number of aromatic nitrogens is 1. The lowest BCUT2D eigenvalue weighted by Gasteiger charge is -2.15. The fraction of sp³-hybridized carbons (Fsp3) is 0.0909. The Bertz CT molecular complexity index is 1600. The molecule has 0 aliphatic heterocycles. The number of benzene rings is 4. The summed E-state index contributed by atoms with van der Waals surface area (Å²) in [5.74, 6) is 1.05. The Morgan fingerprint density at radius 2 is 1.50 bits per heavy atom. The van der Waals surface area contributed by atoms with E-state index in [-0.39, 0.29) is 12.5 Å². The van der Waals surface area contributed by atoms with Gasteiger partial charge in [-0.15, -0.1) is 0 Å². The number of ether oxygens (including phenoxy) is 2. The molecule has 0 unspecified atom stereocenters. The first kappa shape index (κ1) is 27.0. The van der Waals surface area contributed by atoms with Crippen LogP contribution >= 0.6 is 15.9 Å². The van der Waals surface area contributed by atoms with Crippen LogP contribution in [0.15, 0.2) is 125 Å². The fourth-order valence-electron chi connectivity index (χ4n) is 4.38. The van der Waals surface area contributed by atoms with Crippen molar-refractivity contribution < 1.29 is 14.3 Å². The molecule has 5 rings (SSSR count). The van der Waals surface area contributed by atoms with Crippen molar-refractivity contribution in [3.05, 3.63) is 125 Å². The van der Waals surface area contributed by atoms with E-state index in [0.717, 1.165) is 44.0 Å². The van der Waals surface area contributed by atoms with Crippen molar-refractivity contribution in [3.63, 3.8) is 0 Å². The van der Waals surface area contributed by atoms with Crippen molar-refractivity contribution in [3.8, 4) is 39.7 Å². The lowest BCUT2D eigenvalue weighted by atomic mass is 10.1. The summed E-state index contributed by atoms with van der Waals surface area (Å²) in [5.41, 5.74) is 8.44. The Morgan fingerprint density at radius 1 is 0.850 bits per heavy atom. The van der Waals surface area contributed by atoms with Gasteiger partial charge in [0.15, 0.2) is 6.61 Å². The zero-order valence-electron chi connectivity index (χ0n) is 22.0. The van der Waals surface area contributed by atoms with E-state index in [0.29, 0.717) is 12.4 Å². The summed E-state index contributed by atoms with van der Waals surface area (Å²) in [7, 11) is 0. The van der Waals surface area contributed by atoms with Crippen LogP contribution in [-0.4, -0.2) is 29.9 Å². The van der Waals surface area contributed by atoms with Crippen molar-refractivity contribution >= 4 is 28.1 Å². The van der Waals surface area contributed by atoms with Crippen LogP contribution in [0.4, 0.5) is 0 Å². The number of hydrogen-bond donors (Lipinski definition) is 1. The van der Waals surface area contributed by atoms with Gasteiger partial charge >= 0.3 is 0 Å². The molecule has 0 aliphatic carbocycles. The van der Waals surface area contributed by atoms with Crippen LogP contribution in [0.2, 0.25) is 0 Å². The van der Waals surface area contributed by atoms with E-state index in [1.165, 1.54) is 0 Å². The third-order valence-electron chi connectivity index (χ3n) is 6.14. The van der Waals surface area contributed by atoms with Gasteiger partial charge in [-0.3, -0.25) is 4.79 Å². The van der Waals surface area contributed by atoms with Gasteiger partial charge in [-0.2, -0.15) is 5.10 Å². The first-order valence-electron chi connectivity index (χ1n) is 12.9. The van der Waals surface area contributed by atoms with Gasteiger partial charge in [0, 0.05) is 11.3 Å². The van der Waals surface area contributed by atoms with Crippen molar-refractivity contribution in [1.82, 2.24) is 9.99 Å². The minimum Gasteiger partial charge on any atom is -0.494 e. The molecule has 4 aromatic carbocycles. The van der Waals surface area contributed by atoms with Gasteiger partial charge < -0.3 is 14.0 Å². The van der Waals surface area contributed by atoms with Gasteiger partial charge in [-0.05, 0) is 76.4 Å². The van der Waals surface area contributed by atoms with E-state index >= 15 is 0 Å². The molecule has 0 saturated carbocycles. The van der Waals surface area contributed by atoms with Gasteiger partial charge in [-0.25, -0.2) is 5.43 Å². The number of carbonyl (C=O) groups is 1. The summed E-state index contributed by atoms with van der Waals surface area (Å²) in [6, 6.07) is 37.8. The number of carbonyl (C=O) groups excluding carboxylic acids is 1. The Labute approximate surface area is 242 Å². The number of nitrogens with zero attached hydrogens (tertiary/aromatic N) is 2. The highest BCUT2D eigenvalue weighted by Gasteiger charge is 2.19. The molecule has 1 amide bonds. The molecule has 40 heavy (non-hydrogen) atoms. The van der Waals surface area contributed by atoms with Crippen LogP contribution in [0.25, 0.3) is 28.2 Å². The summed E-state index contributed by atoms with van der Waals surface area (Å²) in [5, 5.41) is 4.29. The van der Waals surface area contributed by atoms with Gasteiger partial charge in [0.2, 0.25) is 0 Å². The third kappa shape index (κ3) is 6.33. The summed E-state index contributed by atoms with van der Waals surface area (Å²) in [6.07, 6.45) is 1.68. The number of hydrazone groups is 1. The molecular weight excluding hydrogens is 566 g/mol. The average molecular weight is 595 g/mol. The highest BCUT2D eigenvalue weighted by Crippen LogP contribution is 2.35. The molecule has 0 radical (unpaired) electrons. The van der Waals surface area contributed by atoms with Crippen molar-refractivity contribution in [2.45, 2.75) is 6.92 Å². The molecule has 200 valence electrons. The fourth-order valence-corrected chi connectivity index (χ4v) is 4.78. The van der Waals surface area contributed by atoms with Crippen molar-refractivity contribution in [2.75, 3.05) is 13.2 Å². The molecule has 0 aliphatic rings. The molecule has 0 bridgehead atoms. The second kappa shape index (κ2) is 13.0. The number of hydrogen-bond acceptors (Lipinski definition) is 4. The number of halogens is 1. The SMILES string of the molecule is CCOc1ccc(-n2c(-c3ccccc3)cc(/C=N\NC(=O)COc3ccccc3Br)c2-c2ccccc2)cc1. The van der Waals surface area contributed by atoms with E-state index in [2.05, 4.69) is 61.4 Å². The molecule has 7 heteroatoms. The molecule has 0 saturated heterocycles. The third-order valence-corrected chi connectivity index (χ3v) is 6.80. The zero-order chi connectivity index (χ0) is 27.7. The Hall–Kier alpha value is -4.62. The van der Waals surface area contributed by atoms with Crippen molar-refractivity contribution in [2.24, 2.45) is 5.10 Å². The number of nitrogens with one attached hydrogen (secondary N) is 1. The van der Waals surface area contributed by atoms with E-state index < -0.39 is 0 Å². The number of para-hydroxylation sites is 1. The normalized spacial score (nSPS) is 10.9. The molecule has 1 aromatic heterocycles. The molecule has 0 spiro atoms. The smallest absolute Gasteiger partial charge is 0.277 e. The Balaban J connectivity index is 1.51. The van der Waals surface area contributed by atoms with E-state index in [1.54, 1.807) is 12.3 Å². The molecule has 0 fully saturated rings. The second-order valence-electron chi connectivity index (χ2n) is 8.84. The summed E-state index contributed by atoms with van der Waals surface area (Å²) in [4.78, 5) is 12.5. The first-order chi connectivity index (χ1) is 19.6. The number of amides is 1. The number of rotatable bonds is 10. The van der Waals surface area contributed by atoms with Crippen LogP contribution in [0.1, 0.15) is 12.5 Å². The highest BCUT2D eigenvalue weighted by atomic mass is 79.9. The van der Waals surface area contributed by atoms with Crippen LogP contribution in [-0.2, 0) is 4.79 Å². The van der Waals surface area contributed by atoms with E-state index in [4.69, 9.17) is 9.47 Å². The Morgan fingerprint density at radius 3 is 2.17 bits per heavy atom. The lowest BCUT2D eigenvalue weighted by Crippen LogP contribution is -2.24. The van der Waals surface area contributed by atoms with Gasteiger partial charge in [0.1, 0.15) is 11.5 Å². The minimum atomic E-state index is -0.359. The van der Waals surface area contributed by atoms with Crippen LogP contribution < -0.4 is 14.9 Å². The van der Waals surface area contributed by atoms with Gasteiger partial charge in [-0.1, -0.05) is 72.8 Å². The quantitative estimate of drug-likeness (QED) is 0.135. The predicted molar refractivity (Wildman–Crippen MR) is 163 cm³/mol. The molecule has 5 aromatic rings. The maximum Gasteiger partial charge on any atom is 0.277 e. The van der Waals surface area contributed by atoms with Gasteiger partial charge in [0.25, 0.3) is 5.91 Å². The van der Waals surface area contributed by atoms with Gasteiger partial charge in [0.05, 0.1) is 28.7 Å². The summed E-state index contributed by atoms with van der Waals surface area (Å²) in [6.45, 7) is 2.42.